The van der Waals surface area contributed by atoms with Gasteiger partial charge in [-0.25, -0.2) is 0 Å². The number of carbonyl (C=O) groups excluding carboxylic acids is 1. The Bertz CT molecular complexity index is 397. The molecule has 0 amide bonds. The summed E-state index contributed by atoms with van der Waals surface area (Å²) in [5, 5.41) is 3.49. The van der Waals surface area contributed by atoms with E-state index in [0.717, 1.165) is 44.4 Å². The van der Waals surface area contributed by atoms with E-state index in [0.29, 0.717) is 6.61 Å². The number of nitrogens with zero attached hydrogens (tertiary/aromatic N) is 2. The van der Waals surface area contributed by atoms with Crippen molar-refractivity contribution in [3.63, 3.8) is 0 Å². The maximum Gasteiger partial charge on any atom is 0.309 e. The first-order valence-corrected chi connectivity index (χ1v) is 9.86. The summed E-state index contributed by atoms with van der Waals surface area (Å²) in [5.41, 5.74) is 0. The fraction of sp³-hybridized carbons (Fsp3) is 0.895. The molecule has 5 heteroatoms. The third-order valence-electron chi connectivity index (χ3n) is 5.42. The maximum absolute atomic E-state index is 11.8. The lowest BCUT2D eigenvalue weighted by molar-refractivity contribution is -0.149. The molecular weight excluding hydrogens is 302 g/mol. The Hall–Kier alpha value is -1.26. The molecule has 24 heavy (non-hydrogen) atoms. The zero-order valence-electron chi connectivity index (χ0n) is 15.6. The highest BCUT2D eigenvalue weighted by Crippen LogP contribution is 2.28. The monoisotopic (exact) mass is 337 g/mol. The first kappa shape index (κ1) is 19.1. The number of ether oxygens (including phenoxy) is 1. The number of esters is 1. The summed E-state index contributed by atoms with van der Waals surface area (Å²) < 4.78 is 5.13. The first-order chi connectivity index (χ1) is 11.7. The summed E-state index contributed by atoms with van der Waals surface area (Å²) >= 11 is 0. The number of hydrogen-bond donors (Lipinski definition) is 1. The topological polar surface area (TPSA) is 53.9 Å². The number of nitrogens with one attached hydrogen (secondary N) is 1. The van der Waals surface area contributed by atoms with Crippen LogP contribution in [0.3, 0.4) is 0 Å². The zero-order valence-corrected chi connectivity index (χ0v) is 15.6. The number of rotatable bonds is 7. The van der Waals surface area contributed by atoms with E-state index >= 15 is 0 Å². The number of piperidine rings is 1. The van der Waals surface area contributed by atoms with Gasteiger partial charge in [-0.15, -0.1) is 0 Å². The van der Waals surface area contributed by atoms with Crippen LogP contribution in [0.5, 0.6) is 0 Å². The lowest BCUT2D eigenvalue weighted by atomic mass is 9.97. The van der Waals surface area contributed by atoms with Gasteiger partial charge in [-0.05, 0) is 32.1 Å². The van der Waals surface area contributed by atoms with Crippen LogP contribution in [0.15, 0.2) is 4.99 Å². The summed E-state index contributed by atoms with van der Waals surface area (Å²) in [6.07, 6.45) is 11.4. The standard InChI is InChI=1S/C19H35N3O2/c1-3-24-18(23)17-11-14-22(15-12-17)19(20-2)21-13-7-6-10-16-8-4-5-9-16/h16-17H,3-15H2,1-2H3,(H,20,21). The molecular formula is C19H35N3O2. The van der Waals surface area contributed by atoms with E-state index in [9.17, 15) is 4.79 Å². The van der Waals surface area contributed by atoms with Crippen LogP contribution in [-0.2, 0) is 9.53 Å². The smallest absolute Gasteiger partial charge is 0.309 e. The van der Waals surface area contributed by atoms with E-state index in [1.807, 2.05) is 14.0 Å². The van der Waals surface area contributed by atoms with Crippen molar-refractivity contribution in [3.05, 3.63) is 0 Å². The van der Waals surface area contributed by atoms with E-state index in [4.69, 9.17) is 4.74 Å². The Labute approximate surface area is 147 Å². The number of hydrogen-bond acceptors (Lipinski definition) is 3. The number of unbranched alkanes of at least 4 members (excludes halogenated alkanes) is 1. The predicted octanol–water partition coefficient (Wildman–Crippen LogP) is 3.20. The Morgan fingerprint density at radius 2 is 1.88 bits per heavy atom. The van der Waals surface area contributed by atoms with Crippen LogP contribution >= 0.6 is 0 Å². The van der Waals surface area contributed by atoms with Gasteiger partial charge >= 0.3 is 5.97 Å². The summed E-state index contributed by atoms with van der Waals surface area (Å²) in [7, 11) is 1.85. The minimum Gasteiger partial charge on any atom is -0.466 e. The number of carbonyl (C=O) groups is 1. The highest BCUT2D eigenvalue weighted by atomic mass is 16.5. The molecule has 1 N–H and O–H groups in total. The fourth-order valence-corrected chi connectivity index (χ4v) is 3.98. The van der Waals surface area contributed by atoms with Crippen molar-refractivity contribution >= 4 is 11.9 Å². The predicted molar refractivity (Wildman–Crippen MR) is 98.1 cm³/mol. The third kappa shape index (κ3) is 5.99. The third-order valence-corrected chi connectivity index (χ3v) is 5.42. The molecule has 0 aromatic rings. The normalized spacial score (nSPS) is 20.4. The van der Waals surface area contributed by atoms with Gasteiger partial charge in [0.2, 0.25) is 0 Å². The fourth-order valence-electron chi connectivity index (χ4n) is 3.98. The van der Waals surface area contributed by atoms with Gasteiger partial charge in [0, 0.05) is 26.7 Å². The lowest BCUT2D eigenvalue weighted by Crippen LogP contribution is -2.46. The van der Waals surface area contributed by atoms with Crippen LogP contribution in [0.2, 0.25) is 0 Å². The maximum atomic E-state index is 11.8. The molecule has 1 saturated heterocycles. The molecule has 0 unspecified atom stereocenters. The van der Waals surface area contributed by atoms with E-state index in [2.05, 4.69) is 15.2 Å². The number of likely N-dealkylation sites (tertiary alicyclic amines) is 1. The van der Waals surface area contributed by atoms with Crippen molar-refractivity contribution in [1.29, 1.82) is 0 Å². The minimum absolute atomic E-state index is 0.0352. The average Bonchev–Trinajstić information content (AvgIpc) is 3.12. The van der Waals surface area contributed by atoms with Crippen molar-refractivity contribution in [3.8, 4) is 0 Å². The molecule has 1 aliphatic carbocycles. The van der Waals surface area contributed by atoms with E-state index in [1.165, 1.54) is 44.9 Å². The number of aliphatic imine (C=N–C) groups is 1. The molecule has 0 aromatic heterocycles. The quantitative estimate of drug-likeness (QED) is 0.335. The van der Waals surface area contributed by atoms with Gasteiger partial charge in [0.1, 0.15) is 0 Å². The highest BCUT2D eigenvalue weighted by Gasteiger charge is 2.27. The zero-order chi connectivity index (χ0) is 17.2. The largest absolute Gasteiger partial charge is 0.466 e. The van der Waals surface area contributed by atoms with Crippen molar-refractivity contribution in [1.82, 2.24) is 10.2 Å². The van der Waals surface area contributed by atoms with Crippen molar-refractivity contribution in [2.24, 2.45) is 16.8 Å². The first-order valence-electron chi connectivity index (χ1n) is 9.86. The minimum atomic E-state index is -0.0352. The second-order valence-corrected chi connectivity index (χ2v) is 7.13. The molecule has 5 nitrogen and oxygen atoms in total. The van der Waals surface area contributed by atoms with Gasteiger partial charge < -0.3 is 15.0 Å². The summed E-state index contributed by atoms with van der Waals surface area (Å²) in [6.45, 7) is 5.10. The van der Waals surface area contributed by atoms with Gasteiger partial charge in [-0.3, -0.25) is 9.79 Å². The second kappa shape index (κ2) is 10.6. The molecule has 0 bridgehead atoms. The van der Waals surface area contributed by atoms with Crippen LogP contribution in [0.4, 0.5) is 0 Å². The van der Waals surface area contributed by atoms with E-state index in [1.54, 1.807) is 0 Å². The van der Waals surface area contributed by atoms with E-state index in [-0.39, 0.29) is 11.9 Å². The van der Waals surface area contributed by atoms with Crippen LogP contribution in [0.1, 0.15) is 64.7 Å². The van der Waals surface area contributed by atoms with Crippen LogP contribution in [0.25, 0.3) is 0 Å². The summed E-state index contributed by atoms with van der Waals surface area (Å²) in [4.78, 5) is 18.5. The molecule has 138 valence electrons. The van der Waals surface area contributed by atoms with Gasteiger partial charge in [-0.1, -0.05) is 38.5 Å². The highest BCUT2D eigenvalue weighted by molar-refractivity contribution is 5.80. The lowest BCUT2D eigenvalue weighted by Gasteiger charge is -2.33. The van der Waals surface area contributed by atoms with Gasteiger partial charge in [0.15, 0.2) is 5.96 Å². The SMILES string of the molecule is CCOC(=O)C1CCN(C(=NC)NCCCCC2CCCC2)CC1. The number of guanidine groups is 1. The Balaban J connectivity index is 1.60. The molecule has 2 aliphatic rings. The molecule has 0 atom stereocenters. The molecule has 0 radical (unpaired) electrons. The Morgan fingerprint density at radius 1 is 1.17 bits per heavy atom. The van der Waals surface area contributed by atoms with Crippen LogP contribution < -0.4 is 5.32 Å². The molecule has 0 aromatic carbocycles. The Morgan fingerprint density at radius 3 is 2.50 bits per heavy atom. The van der Waals surface area contributed by atoms with E-state index < -0.39 is 0 Å². The molecule has 2 fully saturated rings. The van der Waals surface area contributed by atoms with Crippen molar-refractivity contribution in [2.75, 3.05) is 33.3 Å². The molecule has 1 saturated carbocycles. The second-order valence-electron chi connectivity index (χ2n) is 7.13. The van der Waals surface area contributed by atoms with Gasteiger partial charge in [0.25, 0.3) is 0 Å². The van der Waals surface area contributed by atoms with Crippen molar-refractivity contribution in [2.45, 2.75) is 64.7 Å². The van der Waals surface area contributed by atoms with Gasteiger partial charge in [-0.2, -0.15) is 0 Å². The average molecular weight is 338 g/mol. The van der Waals surface area contributed by atoms with Crippen molar-refractivity contribution < 1.29 is 9.53 Å². The Kier molecular flexibility index (Phi) is 8.40. The summed E-state index contributed by atoms with van der Waals surface area (Å²) in [5.74, 6) is 2.00. The summed E-state index contributed by atoms with van der Waals surface area (Å²) in [6, 6.07) is 0. The molecule has 1 aliphatic heterocycles. The molecule has 2 rings (SSSR count). The van der Waals surface area contributed by atoms with Crippen LogP contribution in [0, 0.1) is 11.8 Å². The molecule has 0 spiro atoms. The van der Waals surface area contributed by atoms with Gasteiger partial charge in [0.05, 0.1) is 12.5 Å². The molecule has 1 heterocycles. The van der Waals surface area contributed by atoms with Crippen LogP contribution in [-0.4, -0.2) is 50.1 Å².